The SMILES string of the molecule is Cc1cc(Cl)ccc1OCC(=O)N1CCN(C(=O)Cc2ccc3c(c2)OCO3)CC1. The van der Waals surface area contributed by atoms with E-state index in [4.69, 9.17) is 25.8 Å². The van der Waals surface area contributed by atoms with Crippen LogP contribution in [0.1, 0.15) is 11.1 Å². The predicted octanol–water partition coefficient (Wildman–Crippen LogP) is 2.67. The molecule has 0 spiro atoms. The van der Waals surface area contributed by atoms with Crippen LogP contribution in [0.15, 0.2) is 36.4 Å². The van der Waals surface area contributed by atoms with E-state index in [9.17, 15) is 9.59 Å². The van der Waals surface area contributed by atoms with E-state index in [0.717, 1.165) is 11.1 Å². The highest BCUT2D eigenvalue weighted by Crippen LogP contribution is 2.32. The van der Waals surface area contributed by atoms with E-state index in [1.807, 2.05) is 25.1 Å². The molecule has 1 fully saturated rings. The number of fused-ring (bicyclic) bond motifs is 1. The molecular weight excluding hydrogens is 408 g/mol. The zero-order valence-corrected chi connectivity index (χ0v) is 17.5. The molecule has 0 saturated carbocycles. The van der Waals surface area contributed by atoms with Crippen LogP contribution in [0.3, 0.4) is 0 Å². The van der Waals surface area contributed by atoms with Crippen molar-refractivity contribution in [2.45, 2.75) is 13.3 Å². The molecule has 1 saturated heterocycles. The minimum absolute atomic E-state index is 0.0341. The Balaban J connectivity index is 1.25. The molecule has 2 amide bonds. The molecule has 158 valence electrons. The van der Waals surface area contributed by atoms with Crippen LogP contribution in [0.4, 0.5) is 0 Å². The Hall–Kier alpha value is -2.93. The third kappa shape index (κ3) is 4.62. The second-order valence-corrected chi connectivity index (χ2v) is 7.76. The summed E-state index contributed by atoms with van der Waals surface area (Å²) in [5.74, 6) is 1.97. The molecule has 7 nitrogen and oxygen atoms in total. The van der Waals surface area contributed by atoms with Crippen molar-refractivity contribution in [3.05, 3.63) is 52.5 Å². The van der Waals surface area contributed by atoms with Crippen molar-refractivity contribution in [1.29, 1.82) is 0 Å². The second kappa shape index (κ2) is 8.83. The molecule has 30 heavy (non-hydrogen) atoms. The first-order valence-corrected chi connectivity index (χ1v) is 10.2. The summed E-state index contributed by atoms with van der Waals surface area (Å²) < 4.78 is 16.3. The molecule has 2 heterocycles. The van der Waals surface area contributed by atoms with Crippen LogP contribution >= 0.6 is 11.6 Å². The number of halogens is 1. The third-order valence-corrected chi connectivity index (χ3v) is 5.50. The van der Waals surface area contributed by atoms with Crippen LogP contribution in [0.5, 0.6) is 17.2 Å². The topological polar surface area (TPSA) is 68.3 Å². The van der Waals surface area contributed by atoms with Gasteiger partial charge in [0.15, 0.2) is 18.1 Å². The third-order valence-electron chi connectivity index (χ3n) is 5.27. The van der Waals surface area contributed by atoms with Gasteiger partial charge in [0.25, 0.3) is 5.91 Å². The van der Waals surface area contributed by atoms with Crippen molar-refractivity contribution >= 4 is 23.4 Å². The number of benzene rings is 2. The first kappa shape index (κ1) is 20.3. The summed E-state index contributed by atoms with van der Waals surface area (Å²) in [7, 11) is 0. The summed E-state index contributed by atoms with van der Waals surface area (Å²) in [6.07, 6.45) is 0.295. The molecule has 0 atom stereocenters. The van der Waals surface area contributed by atoms with Crippen molar-refractivity contribution in [2.75, 3.05) is 39.6 Å². The number of nitrogens with zero attached hydrogens (tertiary/aromatic N) is 2. The van der Waals surface area contributed by atoms with Gasteiger partial charge in [-0.2, -0.15) is 0 Å². The highest BCUT2D eigenvalue weighted by molar-refractivity contribution is 6.30. The van der Waals surface area contributed by atoms with Gasteiger partial charge < -0.3 is 24.0 Å². The first-order chi connectivity index (χ1) is 14.5. The first-order valence-electron chi connectivity index (χ1n) is 9.82. The monoisotopic (exact) mass is 430 g/mol. The Morgan fingerprint density at radius 2 is 1.67 bits per heavy atom. The number of ether oxygens (including phenoxy) is 3. The number of amides is 2. The van der Waals surface area contributed by atoms with Crippen LogP contribution in [-0.2, 0) is 16.0 Å². The largest absolute Gasteiger partial charge is 0.483 e. The summed E-state index contributed by atoms with van der Waals surface area (Å²) in [6, 6.07) is 10.8. The lowest BCUT2D eigenvalue weighted by atomic mass is 10.1. The zero-order valence-electron chi connectivity index (χ0n) is 16.7. The van der Waals surface area contributed by atoms with Crippen molar-refractivity contribution in [3.8, 4) is 17.2 Å². The Kier molecular flexibility index (Phi) is 5.99. The number of carbonyl (C=O) groups is 2. The van der Waals surface area contributed by atoms with Crippen LogP contribution < -0.4 is 14.2 Å². The molecule has 0 aliphatic carbocycles. The standard InChI is InChI=1S/C22H23ClN2O5/c1-15-10-17(23)3-5-18(15)28-13-22(27)25-8-6-24(7-9-25)21(26)12-16-2-4-19-20(11-16)30-14-29-19/h2-5,10-11H,6-9,12-14H2,1H3. The van der Waals surface area contributed by atoms with Gasteiger partial charge in [-0.25, -0.2) is 0 Å². The van der Waals surface area contributed by atoms with E-state index in [2.05, 4.69) is 0 Å². The van der Waals surface area contributed by atoms with Crippen LogP contribution in [0.25, 0.3) is 0 Å². The summed E-state index contributed by atoms with van der Waals surface area (Å²) in [5, 5.41) is 0.632. The summed E-state index contributed by atoms with van der Waals surface area (Å²) in [4.78, 5) is 28.6. The molecule has 8 heteroatoms. The quantitative estimate of drug-likeness (QED) is 0.729. The number of rotatable bonds is 5. The van der Waals surface area contributed by atoms with E-state index in [0.29, 0.717) is 54.9 Å². The molecule has 4 rings (SSSR count). The van der Waals surface area contributed by atoms with Crippen LogP contribution in [-0.4, -0.2) is 61.2 Å². The number of piperazine rings is 1. The number of hydrogen-bond donors (Lipinski definition) is 0. The van der Waals surface area contributed by atoms with Gasteiger partial charge in [0.1, 0.15) is 5.75 Å². The molecule has 0 unspecified atom stereocenters. The average molecular weight is 431 g/mol. The maximum Gasteiger partial charge on any atom is 0.260 e. The smallest absolute Gasteiger partial charge is 0.260 e. The minimum Gasteiger partial charge on any atom is -0.483 e. The van der Waals surface area contributed by atoms with Gasteiger partial charge in [-0.3, -0.25) is 9.59 Å². The molecule has 0 N–H and O–H groups in total. The highest BCUT2D eigenvalue weighted by Gasteiger charge is 2.25. The molecule has 2 aliphatic rings. The van der Waals surface area contributed by atoms with E-state index >= 15 is 0 Å². The number of aryl methyl sites for hydroxylation is 1. The summed E-state index contributed by atoms with van der Waals surface area (Å²) >= 11 is 5.94. The van der Waals surface area contributed by atoms with E-state index in [-0.39, 0.29) is 25.2 Å². The maximum atomic E-state index is 12.6. The lowest BCUT2D eigenvalue weighted by molar-refractivity contribution is -0.140. The van der Waals surface area contributed by atoms with Crippen molar-refractivity contribution < 1.29 is 23.8 Å². The maximum absolute atomic E-state index is 12.6. The molecular formula is C22H23ClN2O5. The Morgan fingerprint density at radius 3 is 2.40 bits per heavy atom. The van der Waals surface area contributed by atoms with E-state index in [1.54, 1.807) is 28.0 Å². The fraction of sp³-hybridized carbons (Fsp3) is 0.364. The second-order valence-electron chi connectivity index (χ2n) is 7.32. The fourth-order valence-corrected chi connectivity index (χ4v) is 3.77. The van der Waals surface area contributed by atoms with Crippen LogP contribution in [0.2, 0.25) is 5.02 Å². The predicted molar refractivity (Wildman–Crippen MR) is 111 cm³/mol. The van der Waals surface area contributed by atoms with Crippen LogP contribution in [0, 0.1) is 6.92 Å². The van der Waals surface area contributed by atoms with Gasteiger partial charge in [-0.15, -0.1) is 0 Å². The molecule has 2 aliphatic heterocycles. The molecule has 0 bridgehead atoms. The van der Waals surface area contributed by atoms with Crippen molar-refractivity contribution in [3.63, 3.8) is 0 Å². The summed E-state index contributed by atoms with van der Waals surface area (Å²) in [5.41, 5.74) is 1.77. The van der Waals surface area contributed by atoms with Gasteiger partial charge in [-0.05, 0) is 48.4 Å². The highest BCUT2D eigenvalue weighted by atomic mass is 35.5. The zero-order chi connectivity index (χ0) is 21.1. The Morgan fingerprint density at radius 1 is 0.967 bits per heavy atom. The molecule has 0 aromatic heterocycles. The minimum atomic E-state index is -0.0905. The van der Waals surface area contributed by atoms with E-state index < -0.39 is 0 Å². The lowest BCUT2D eigenvalue weighted by Gasteiger charge is -2.34. The van der Waals surface area contributed by atoms with Gasteiger partial charge in [0, 0.05) is 31.2 Å². The number of hydrogen-bond acceptors (Lipinski definition) is 5. The van der Waals surface area contributed by atoms with E-state index in [1.165, 1.54) is 0 Å². The average Bonchev–Trinajstić information content (AvgIpc) is 3.21. The molecule has 2 aromatic carbocycles. The normalized spacial score (nSPS) is 15.3. The van der Waals surface area contributed by atoms with Gasteiger partial charge >= 0.3 is 0 Å². The lowest BCUT2D eigenvalue weighted by Crippen LogP contribution is -2.52. The van der Waals surface area contributed by atoms with Crippen molar-refractivity contribution in [2.24, 2.45) is 0 Å². The summed E-state index contributed by atoms with van der Waals surface area (Å²) in [6.45, 7) is 4.07. The number of carbonyl (C=O) groups excluding carboxylic acids is 2. The van der Waals surface area contributed by atoms with Gasteiger partial charge in [0.05, 0.1) is 6.42 Å². The molecule has 2 aromatic rings. The Labute approximate surface area is 180 Å². The molecule has 0 radical (unpaired) electrons. The fourth-order valence-electron chi connectivity index (χ4n) is 3.55. The van der Waals surface area contributed by atoms with Gasteiger partial charge in [-0.1, -0.05) is 17.7 Å². The van der Waals surface area contributed by atoms with Gasteiger partial charge in [0.2, 0.25) is 12.7 Å². The Bertz CT molecular complexity index is 957. The van der Waals surface area contributed by atoms with Crippen molar-refractivity contribution in [1.82, 2.24) is 9.80 Å².